The molecular formula is C8H12N4O2. The van der Waals surface area contributed by atoms with Gasteiger partial charge in [0.15, 0.2) is 0 Å². The molecule has 2 heterocycles. The molecule has 0 radical (unpaired) electrons. The second-order valence-electron chi connectivity index (χ2n) is 3.38. The Morgan fingerprint density at radius 2 is 2.57 bits per heavy atom. The lowest BCUT2D eigenvalue weighted by molar-refractivity contribution is -0.386. The van der Waals surface area contributed by atoms with E-state index < -0.39 is 0 Å². The molecule has 1 aromatic rings. The molecule has 14 heavy (non-hydrogen) atoms. The summed E-state index contributed by atoms with van der Waals surface area (Å²) in [5, 5.41) is 17.8. The Bertz CT molecular complexity index is 360. The Morgan fingerprint density at radius 3 is 3.21 bits per heavy atom. The fraction of sp³-hybridized carbons (Fsp3) is 0.625. The molecule has 1 atom stereocenters. The summed E-state index contributed by atoms with van der Waals surface area (Å²) in [6.07, 6.45) is 3.28. The number of hydrogen-bond acceptors (Lipinski definition) is 4. The van der Waals surface area contributed by atoms with Gasteiger partial charge in [-0.2, -0.15) is 5.10 Å². The van der Waals surface area contributed by atoms with Crippen molar-refractivity contribution < 1.29 is 4.92 Å². The summed E-state index contributed by atoms with van der Waals surface area (Å²) in [5.74, 6) is 0. The Hall–Kier alpha value is -1.43. The van der Waals surface area contributed by atoms with E-state index >= 15 is 0 Å². The minimum Gasteiger partial charge on any atom is -0.311 e. The smallest absolute Gasteiger partial charge is 0.311 e. The van der Waals surface area contributed by atoms with Crippen LogP contribution in [0.4, 0.5) is 5.69 Å². The predicted molar refractivity (Wildman–Crippen MR) is 49.9 cm³/mol. The fourth-order valence-corrected chi connectivity index (χ4v) is 1.93. The van der Waals surface area contributed by atoms with E-state index in [4.69, 9.17) is 0 Å². The third-order valence-electron chi connectivity index (χ3n) is 2.60. The van der Waals surface area contributed by atoms with Gasteiger partial charge >= 0.3 is 5.69 Å². The third-order valence-corrected chi connectivity index (χ3v) is 2.60. The molecule has 1 aliphatic rings. The molecule has 1 unspecified atom stereocenters. The van der Waals surface area contributed by atoms with Gasteiger partial charge in [0.05, 0.1) is 11.0 Å². The minimum absolute atomic E-state index is 0.0617. The third kappa shape index (κ3) is 1.27. The number of nitrogens with one attached hydrogen (secondary N) is 1. The molecule has 6 heteroatoms. The Morgan fingerprint density at radius 1 is 1.79 bits per heavy atom. The number of aromatic nitrogens is 2. The second-order valence-corrected chi connectivity index (χ2v) is 3.38. The van der Waals surface area contributed by atoms with Crippen LogP contribution in [0.3, 0.4) is 0 Å². The first-order valence-corrected chi connectivity index (χ1v) is 4.61. The van der Waals surface area contributed by atoms with Gasteiger partial charge in [0.25, 0.3) is 0 Å². The van der Waals surface area contributed by atoms with E-state index in [9.17, 15) is 10.1 Å². The summed E-state index contributed by atoms with van der Waals surface area (Å²) < 4.78 is 1.72. The highest BCUT2D eigenvalue weighted by Gasteiger charge is 2.29. The lowest BCUT2D eigenvalue weighted by Crippen LogP contribution is -2.25. The van der Waals surface area contributed by atoms with Gasteiger partial charge in [-0.15, -0.1) is 0 Å². The van der Waals surface area contributed by atoms with E-state index in [1.807, 2.05) is 7.05 Å². The van der Waals surface area contributed by atoms with Crippen molar-refractivity contribution in [1.29, 1.82) is 0 Å². The quantitative estimate of drug-likeness (QED) is 0.562. The van der Waals surface area contributed by atoms with Crippen LogP contribution in [0.5, 0.6) is 0 Å². The molecule has 0 amide bonds. The number of aryl methyl sites for hydroxylation is 1. The van der Waals surface area contributed by atoms with E-state index in [2.05, 4.69) is 10.4 Å². The van der Waals surface area contributed by atoms with Crippen LogP contribution < -0.4 is 5.32 Å². The molecule has 0 aliphatic carbocycles. The van der Waals surface area contributed by atoms with E-state index in [-0.39, 0.29) is 16.7 Å². The average molecular weight is 196 g/mol. The zero-order chi connectivity index (χ0) is 10.1. The van der Waals surface area contributed by atoms with E-state index in [1.165, 1.54) is 6.20 Å². The maximum atomic E-state index is 10.7. The Balaban J connectivity index is 2.46. The van der Waals surface area contributed by atoms with Gasteiger partial charge < -0.3 is 5.32 Å². The molecule has 0 fully saturated rings. The fourth-order valence-electron chi connectivity index (χ4n) is 1.93. The summed E-state index contributed by atoms with van der Waals surface area (Å²) in [6.45, 7) is 0.779. The van der Waals surface area contributed by atoms with E-state index in [0.717, 1.165) is 19.4 Å². The van der Waals surface area contributed by atoms with Gasteiger partial charge in [-0.1, -0.05) is 0 Å². The van der Waals surface area contributed by atoms with Crippen LogP contribution in [0.25, 0.3) is 0 Å². The predicted octanol–water partition coefficient (Wildman–Crippen LogP) is 0.846. The Kier molecular flexibility index (Phi) is 2.20. The topological polar surface area (TPSA) is 73.0 Å². The van der Waals surface area contributed by atoms with Crippen molar-refractivity contribution >= 4 is 5.69 Å². The molecule has 6 nitrogen and oxygen atoms in total. The van der Waals surface area contributed by atoms with Crippen molar-refractivity contribution in [2.45, 2.75) is 25.4 Å². The van der Waals surface area contributed by atoms with Crippen LogP contribution in [0.15, 0.2) is 6.20 Å². The standard InChI is InChI=1S/C8H12N4O2/c1-9-6-3-2-4-11-8(6)7(5-10-11)12(13)14/h5-6,9H,2-4H2,1H3. The number of fused-ring (bicyclic) bond motifs is 1. The van der Waals surface area contributed by atoms with Gasteiger partial charge in [-0.25, -0.2) is 0 Å². The van der Waals surface area contributed by atoms with Crippen molar-refractivity contribution in [3.8, 4) is 0 Å². The van der Waals surface area contributed by atoms with Crippen LogP contribution in [0.1, 0.15) is 24.6 Å². The zero-order valence-electron chi connectivity index (χ0n) is 7.93. The largest absolute Gasteiger partial charge is 0.311 e. The minimum atomic E-state index is -0.367. The van der Waals surface area contributed by atoms with E-state index in [1.54, 1.807) is 4.68 Å². The van der Waals surface area contributed by atoms with E-state index in [0.29, 0.717) is 5.69 Å². The highest BCUT2D eigenvalue weighted by atomic mass is 16.6. The molecule has 2 rings (SSSR count). The van der Waals surface area contributed by atoms with Gasteiger partial charge in [0.2, 0.25) is 0 Å². The number of rotatable bonds is 2. The maximum absolute atomic E-state index is 10.7. The molecule has 0 bridgehead atoms. The first-order chi connectivity index (χ1) is 6.74. The summed E-state index contributed by atoms with van der Waals surface area (Å²) in [6, 6.07) is 0.0617. The van der Waals surface area contributed by atoms with Gasteiger partial charge in [-0.3, -0.25) is 14.8 Å². The van der Waals surface area contributed by atoms with Crippen molar-refractivity contribution in [3.63, 3.8) is 0 Å². The van der Waals surface area contributed by atoms with Gasteiger partial charge in [-0.05, 0) is 19.9 Å². The second kappa shape index (κ2) is 3.38. The van der Waals surface area contributed by atoms with Gasteiger partial charge in [0, 0.05) is 6.54 Å². The van der Waals surface area contributed by atoms with Crippen LogP contribution >= 0.6 is 0 Å². The van der Waals surface area contributed by atoms with Crippen molar-refractivity contribution in [2.75, 3.05) is 7.05 Å². The summed E-state index contributed by atoms with van der Waals surface area (Å²) in [4.78, 5) is 10.4. The monoisotopic (exact) mass is 196 g/mol. The average Bonchev–Trinajstić information content (AvgIpc) is 2.60. The lowest BCUT2D eigenvalue weighted by atomic mass is 10.0. The summed E-state index contributed by atoms with van der Waals surface area (Å²) >= 11 is 0. The SMILES string of the molecule is CNC1CCCn2ncc([N+](=O)[O-])c21. The maximum Gasteiger partial charge on any atom is 0.311 e. The molecule has 1 N–H and O–H groups in total. The highest BCUT2D eigenvalue weighted by molar-refractivity contribution is 5.36. The summed E-state index contributed by atoms with van der Waals surface area (Å²) in [5.41, 5.74) is 0.841. The van der Waals surface area contributed by atoms with Crippen LogP contribution in [0, 0.1) is 10.1 Å². The van der Waals surface area contributed by atoms with Crippen LogP contribution in [-0.4, -0.2) is 21.8 Å². The summed E-state index contributed by atoms with van der Waals surface area (Å²) in [7, 11) is 1.82. The molecule has 0 saturated carbocycles. The molecule has 76 valence electrons. The normalized spacial score (nSPS) is 20.5. The van der Waals surface area contributed by atoms with Crippen molar-refractivity contribution in [1.82, 2.24) is 15.1 Å². The molecule has 0 spiro atoms. The molecule has 1 aromatic heterocycles. The zero-order valence-corrected chi connectivity index (χ0v) is 7.93. The molecular weight excluding hydrogens is 184 g/mol. The van der Waals surface area contributed by atoms with Gasteiger partial charge in [0.1, 0.15) is 11.9 Å². The number of hydrogen-bond donors (Lipinski definition) is 1. The molecule has 0 aromatic carbocycles. The number of nitrogens with zero attached hydrogens (tertiary/aromatic N) is 3. The van der Waals surface area contributed by atoms with Crippen LogP contribution in [-0.2, 0) is 6.54 Å². The first kappa shape index (κ1) is 9.14. The molecule has 1 aliphatic heterocycles. The first-order valence-electron chi connectivity index (χ1n) is 4.61. The number of nitro groups is 1. The lowest BCUT2D eigenvalue weighted by Gasteiger charge is -2.22. The van der Waals surface area contributed by atoms with Crippen molar-refractivity contribution in [2.24, 2.45) is 0 Å². The highest BCUT2D eigenvalue weighted by Crippen LogP contribution is 2.31. The van der Waals surface area contributed by atoms with Crippen molar-refractivity contribution in [3.05, 3.63) is 22.0 Å². The molecule has 0 saturated heterocycles. The Labute approximate surface area is 81.1 Å². The van der Waals surface area contributed by atoms with Crippen LogP contribution in [0.2, 0.25) is 0 Å².